The van der Waals surface area contributed by atoms with Crippen molar-refractivity contribution in [2.75, 3.05) is 5.32 Å². The summed E-state index contributed by atoms with van der Waals surface area (Å²) >= 11 is 7.27. The molecular weight excluding hydrogens is 310 g/mol. The van der Waals surface area contributed by atoms with Crippen LogP contribution in [0.5, 0.6) is 0 Å². The number of nitrogens with zero attached hydrogens (tertiary/aromatic N) is 2. The monoisotopic (exact) mass is 319 g/mol. The minimum atomic E-state index is -1.09. The third-order valence-electron chi connectivity index (χ3n) is 2.86. The van der Waals surface area contributed by atoms with E-state index < -0.39 is 5.97 Å². The van der Waals surface area contributed by atoms with Crippen LogP contribution in [-0.2, 0) is 0 Å². The Morgan fingerprint density at radius 1 is 1.38 bits per heavy atom. The summed E-state index contributed by atoms with van der Waals surface area (Å²) in [6.07, 6.45) is 1.31. The molecule has 2 N–H and O–H groups in total. The van der Waals surface area contributed by atoms with Gasteiger partial charge >= 0.3 is 5.97 Å². The van der Waals surface area contributed by atoms with Crippen molar-refractivity contribution in [1.82, 2.24) is 9.97 Å². The van der Waals surface area contributed by atoms with Gasteiger partial charge in [0.2, 0.25) is 0 Å². The molecule has 0 bridgehead atoms. The molecule has 7 heteroatoms. The zero-order chi connectivity index (χ0) is 15.0. The Morgan fingerprint density at radius 3 is 2.95 bits per heavy atom. The van der Waals surface area contributed by atoms with E-state index in [4.69, 9.17) is 16.7 Å². The number of carboxylic acids is 1. The Hall–Kier alpha value is -2.18. The molecule has 0 aliphatic carbocycles. The van der Waals surface area contributed by atoms with Crippen molar-refractivity contribution in [3.8, 4) is 0 Å². The van der Waals surface area contributed by atoms with Crippen LogP contribution in [0.2, 0.25) is 5.02 Å². The van der Waals surface area contributed by atoms with E-state index >= 15 is 0 Å². The number of hydrogen-bond donors (Lipinski definition) is 2. The summed E-state index contributed by atoms with van der Waals surface area (Å²) in [6, 6.07) is 7.39. The maximum atomic E-state index is 11.1. The van der Waals surface area contributed by atoms with Crippen molar-refractivity contribution in [1.29, 1.82) is 0 Å². The van der Waals surface area contributed by atoms with Crippen LogP contribution < -0.4 is 5.32 Å². The van der Waals surface area contributed by atoms with Gasteiger partial charge in [0.05, 0.1) is 20.8 Å². The van der Waals surface area contributed by atoms with Crippen LogP contribution in [0.1, 0.15) is 15.9 Å². The molecule has 0 saturated carbocycles. The summed E-state index contributed by atoms with van der Waals surface area (Å²) in [6.45, 7) is 2.02. The van der Waals surface area contributed by atoms with Crippen LogP contribution in [0.3, 0.4) is 0 Å². The lowest BCUT2D eigenvalue weighted by Crippen LogP contribution is -2.01. The van der Waals surface area contributed by atoms with Gasteiger partial charge in [-0.05, 0) is 30.7 Å². The van der Waals surface area contributed by atoms with Crippen molar-refractivity contribution in [2.45, 2.75) is 6.92 Å². The first kappa shape index (κ1) is 13.8. The summed E-state index contributed by atoms with van der Waals surface area (Å²) in [5.41, 5.74) is 2.06. The minimum absolute atomic E-state index is 0.00567. The van der Waals surface area contributed by atoms with E-state index in [-0.39, 0.29) is 10.6 Å². The minimum Gasteiger partial charge on any atom is -0.478 e. The Kier molecular flexibility index (Phi) is 3.48. The van der Waals surface area contributed by atoms with E-state index in [0.29, 0.717) is 10.9 Å². The highest BCUT2D eigenvalue weighted by Crippen LogP contribution is 2.29. The number of fused-ring (bicyclic) bond motifs is 1. The normalized spacial score (nSPS) is 10.8. The van der Waals surface area contributed by atoms with Gasteiger partial charge in [-0.15, -0.1) is 0 Å². The average molecular weight is 320 g/mol. The highest BCUT2D eigenvalue weighted by Gasteiger charge is 2.11. The molecule has 2 aromatic heterocycles. The number of aromatic carboxylic acids is 1. The third-order valence-corrected chi connectivity index (χ3v) is 4.10. The smallest absolute Gasteiger partial charge is 0.337 e. The highest BCUT2D eigenvalue weighted by molar-refractivity contribution is 7.22. The van der Waals surface area contributed by atoms with Gasteiger partial charge in [0, 0.05) is 6.20 Å². The second kappa shape index (κ2) is 5.31. The number of carbonyl (C=O) groups is 1. The summed E-state index contributed by atoms with van der Waals surface area (Å²) in [5.74, 6) is -0.696. The van der Waals surface area contributed by atoms with Crippen LogP contribution in [0.25, 0.3) is 10.2 Å². The number of aryl methyl sites for hydroxylation is 1. The molecule has 1 aromatic carbocycles. The van der Waals surface area contributed by atoms with Gasteiger partial charge in [-0.1, -0.05) is 29.0 Å². The fourth-order valence-corrected chi connectivity index (χ4v) is 3.02. The molecule has 5 nitrogen and oxygen atoms in total. The molecule has 0 atom stereocenters. The number of carboxylic acid groups (broad SMARTS) is 1. The molecule has 0 aliphatic rings. The van der Waals surface area contributed by atoms with Crippen LogP contribution in [0.15, 0.2) is 30.5 Å². The van der Waals surface area contributed by atoms with E-state index in [0.717, 1.165) is 15.8 Å². The number of benzene rings is 1. The second-order valence-electron chi connectivity index (χ2n) is 4.47. The molecule has 21 heavy (non-hydrogen) atoms. The van der Waals surface area contributed by atoms with E-state index in [2.05, 4.69) is 21.4 Å². The predicted octanol–water partition coefficient (Wildman–Crippen LogP) is 4.09. The molecule has 3 rings (SSSR count). The molecule has 0 amide bonds. The first-order valence-corrected chi connectivity index (χ1v) is 7.25. The molecule has 0 saturated heterocycles. The van der Waals surface area contributed by atoms with Crippen molar-refractivity contribution in [2.24, 2.45) is 0 Å². The standard InChI is InChI=1S/C14H10ClN3O2S/c1-7-2-3-10-11(4-7)21-14(17-10)18-12-5-8(13(19)20)9(15)6-16-12/h2-6H,1H3,(H,19,20)(H,16,17,18). The first-order chi connectivity index (χ1) is 10.0. The molecular formula is C14H10ClN3O2S. The van der Waals surface area contributed by atoms with Gasteiger partial charge in [-0.25, -0.2) is 14.8 Å². The maximum Gasteiger partial charge on any atom is 0.337 e. The molecule has 0 radical (unpaired) electrons. The number of anilines is 2. The van der Waals surface area contributed by atoms with Gasteiger partial charge in [0.25, 0.3) is 0 Å². The van der Waals surface area contributed by atoms with E-state index in [1.165, 1.54) is 23.6 Å². The molecule has 0 spiro atoms. The van der Waals surface area contributed by atoms with Crippen molar-refractivity contribution >= 4 is 50.1 Å². The van der Waals surface area contributed by atoms with E-state index in [9.17, 15) is 4.79 Å². The fourth-order valence-electron chi connectivity index (χ4n) is 1.87. The van der Waals surface area contributed by atoms with E-state index in [1.54, 1.807) is 0 Å². The first-order valence-electron chi connectivity index (χ1n) is 6.06. The maximum absolute atomic E-state index is 11.1. The zero-order valence-electron chi connectivity index (χ0n) is 10.9. The Balaban J connectivity index is 1.94. The molecule has 106 valence electrons. The Bertz CT molecular complexity index is 847. The average Bonchev–Trinajstić information content (AvgIpc) is 2.82. The SMILES string of the molecule is Cc1ccc2nc(Nc3cc(C(=O)O)c(Cl)cn3)sc2c1. The zero-order valence-corrected chi connectivity index (χ0v) is 12.5. The summed E-state index contributed by atoms with van der Waals surface area (Å²) in [5, 5.41) is 12.8. The number of hydrogen-bond acceptors (Lipinski definition) is 5. The topological polar surface area (TPSA) is 75.1 Å². The highest BCUT2D eigenvalue weighted by atomic mass is 35.5. The quantitative estimate of drug-likeness (QED) is 0.760. The summed E-state index contributed by atoms with van der Waals surface area (Å²) < 4.78 is 1.06. The molecule has 0 unspecified atom stereocenters. The number of halogens is 1. The van der Waals surface area contributed by atoms with Gasteiger partial charge in [0.15, 0.2) is 5.13 Å². The molecule has 3 aromatic rings. The van der Waals surface area contributed by atoms with Crippen molar-refractivity contribution in [3.05, 3.63) is 46.6 Å². The fraction of sp³-hybridized carbons (Fsp3) is 0.0714. The third kappa shape index (κ3) is 2.81. The molecule has 0 aliphatic heterocycles. The summed E-state index contributed by atoms with van der Waals surface area (Å²) in [4.78, 5) is 19.5. The predicted molar refractivity (Wildman–Crippen MR) is 83.8 cm³/mol. The number of rotatable bonds is 3. The summed E-state index contributed by atoms with van der Waals surface area (Å²) in [7, 11) is 0. The number of aromatic nitrogens is 2. The van der Waals surface area contributed by atoms with Gasteiger partial charge in [-0.3, -0.25) is 0 Å². The lowest BCUT2D eigenvalue weighted by molar-refractivity contribution is 0.0697. The van der Waals surface area contributed by atoms with Crippen LogP contribution >= 0.6 is 22.9 Å². The second-order valence-corrected chi connectivity index (χ2v) is 5.91. The number of nitrogens with one attached hydrogen (secondary N) is 1. The Labute approximate surface area is 129 Å². The molecule has 0 fully saturated rings. The lowest BCUT2D eigenvalue weighted by atomic mass is 10.2. The Morgan fingerprint density at radius 2 is 2.19 bits per heavy atom. The van der Waals surface area contributed by atoms with Gasteiger partial charge < -0.3 is 10.4 Å². The lowest BCUT2D eigenvalue weighted by Gasteiger charge is -2.03. The van der Waals surface area contributed by atoms with Crippen LogP contribution in [-0.4, -0.2) is 21.0 Å². The molecule has 2 heterocycles. The van der Waals surface area contributed by atoms with Crippen LogP contribution in [0, 0.1) is 6.92 Å². The number of pyridine rings is 1. The largest absolute Gasteiger partial charge is 0.478 e. The van der Waals surface area contributed by atoms with Crippen LogP contribution in [0.4, 0.5) is 10.9 Å². The number of thiazole rings is 1. The van der Waals surface area contributed by atoms with Crippen molar-refractivity contribution in [3.63, 3.8) is 0 Å². The van der Waals surface area contributed by atoms with Gasteiger partial charge in [-0.2, -0.15) is 0 Å². The van der Waals surface area contributed by atoms with Crippen molar-refractivity contribution < 1.29 is 9.90 Å². The van der Waals surface area contributed by atoms with E-state index in [1.807, 2.05) is 19.1 Å². The van der Waals surface area contributed by atoms with Gasteiger partial charge in [0.1, 0.15) is 5.82 Å².